The number of hydrogen-bond acceptors (Lipinski definition) is 3. The number of carbonyl (C=O) groups excluding carboxylic acids is 1. The zero-order valence-electron chi connectivity index (χ0n) is 13.9. The fraction of sp³-hybridized carbons (Fsp3) is 0.278. The molecule has 5 nitrogen and oxygen atoms in total. The molecule has 0 radical (unpaired) electrons. The Morgan fingerprint density at radius 3 is 2.08 bits per heavy atom. The minimum atomic E-state index is -4.18. The topological polar surface area (TPSA) is 66.5 Å². The highest BCUT2D eigenvalue weighted by molar-refractivity contribution is 7.92. The van der Waals surface area contributed by atoms with Crippen LogP contribution in [0.1, 0.15) is 29.6 Å². The number of sulfonamides is 1. The van der Waals surface area contributed by atoms with Crippen molar-refractivity contribution in [3.05, 3.63) is 59.7 Å². The van der Waals surface area contributed by atoms with Crippen LogP contribution in [0.3, 0.4) is 0 Å². The molecule has 2 aromatic carbocycles. The molecule has 1 saturated heterocycles. The predicted octanol–water partition coefficient (Wildman–Crippen LogP) is 3.39. The van der Waals surface area contributed by atoms with Crippen LogP contribution in [0.15, 0.2) is 47.4 Å². The monoisotopic (exact) mass is 380 g/mol. The average molecular weight is 380 g/mol. The van der Waals surface area contributed by atoms with Crippen LogP contribution in [0.5, 0.6) is 0 Å². The summed E-state index contributed by atoms with van der Waals surface area (Å²) in [6.07, 6.45) is 3.01. The number of amides is 1. The molecular weight excluding hydrogens is 362 g/mol. The first-order valence-corrected chi connectivity index (χ1v) is 9.73. The van der Waals surface area contributed by atoms with Crippen LogP contribution in [0.25, 0.3) is 0 Å². The Morgan fingerprint density at radius 2 is 1.50 bits per heavy atom. The van der Waals surface area contributed by atoms with Gasteiger partial charge in [-0.25, -0.2) is 17.2 Å². The molecule has 0 unspecified atom stereocenters. The third kappa shape index (κ3) is 3.85. The number of carbonyl (C=O) groups is 1. The van der Waals surface area contributed by atoms with Crippen molar-refractivity contribution in [2.75, 3.05) is 17.8 Å². The van der Waals surface area contributed by atoms with Crippen LogP contribution in [0.4, 0.5) is 14.5 Å². The van der Waals surface area contributed by atoms with Crippen molar-refractivity contribution < 1.29 is 22.0 Å². The van der Waals surface area contributed by atoms with Gasteiger partial charge in [-0.2, -0.15) is 0 Å². The summed E-state index contributed by atoms with van der Waals surface area (Å²) in [6, 6.07) is 8.37. The molecule has 0 aromatic heterocycles. The van der Waals surface area contributed by atoms with E-state index in [0.717, 1.165) is 37.5 Å². The minimum absolute atomic E-state index is 0.151. The molecule has 1 amide bonds. The molecule has 1 heterocycles. The summed E-state index contributed by atoms with van der Waals surface area (Å²) in [6.45, 7) is 1.37. The van der Waals surface area contributed by atoms with E-state index >= 15 is 0 Å². The molecule has 0 spiro atoms. The lowest BCUT2D eigenvalue weighted by atomic mass is 10.1. The maximum Gasteiger partial charge on any atom is 0.262 e. The average Bonchev–Trinajstić information content (AvgIpc) is 2.65. The number of para-hydroxylation sites is 1. The van der Waals surface area contributed by atoms with Gasteiger partial charge in [-0.3, -0.25) is 9.52 Å². The lowest BCUT2D eigenvalue weighted by molar-refractivity contribution is 0.0724. The summed E-state index contributed by atoms with van der Waals surface area (Å²) in [5.74, 6) is -2.17. The zero-order valence-corrected chi connectivity index (χ0v) is 14.7. The number of hydrogen-bond donors (Lipinski definition) is 1. The maximum atomic E-state index is 13.7. The fourth-order valence-electron chi connectivity index (χ4n) is 2.84. The Morgan fingerprint density at radius 1 is 0.923 bits per heavy atom. The van der Waals surface area contributed by atoms with Crippen LogP contribution < -0.4 is 4.72 Å². The number of likely N-dealkylation sites (tertiary alicyclic amines) is 1. The van der Waals surface area contributed by atoms with E-state index in [1.165, 1.54) is 24.3 Å². The Bertz CT molecular complexity index is 888. The molecule has 1 N–H and O–H groups in total. The summed E-state index contributed by atoms with van der Waals surface area (Å²) >= 11 is 0. The fourth-order valence-corrected chi connectivity index (χ4v) is 3.92. The van der Waals surface area contributed by atoms with Crippen LogP contribution in [-0.4, -0.2) is 32.3 Å². The second-order valence-electron chi connectivity index (χ2n) is 6.08. The van der Waals surface area contributed by atoms with Crippen molar-refractivity contribution >= 4 is 21.6 Å². The molecule has 2 aromatic rings. The van der Waals surface area contributed by atoms with E-state index in [1.54, 1.807) is 4.90 Å². The number of anilines is 1. The van der Waals surface area contributed by atoms with Gasteiger partial charge in [-0.1, -0.05) is 6.07 Å². The van der Waals surface area contributed by atoms with Gasteiger partial charge in [0.15, 0.2) is 0 Å². The van der Waals surface area contributed by atoms with E-state index in [0.29, 0.717) is 18.7 Å². The number of piperidine rings is 1. The van der Waals surface area contributed by atoms with Gasteiger partial charge >= 0.3 is 0 Å². The normalized spacial score (nSPS) is 14.9. The molecule has 0 atom stereocenters. The maximum absolute atomic E-state index is 13.7. The molecule has 138 valence electrons. The van der Waals surface area contributed by atoms with Crippen LogP contribution >= 0.6 is 0 Å². The van der Waals surface area contributed by atoms with Crippen LogP contribution in [0, 0.1) is 11.6 Å². The third-order valence-electron chi connectivity index (χ3n) is 4.25. The van der Waals surface area contributed by atoms with E-state index in [-0.39, 0.29) is 10.8 Å². The molecule has 1 aliphatic heterocycles. The van der Waals surface area contributed by atoms with Gasteiger partial charge in [0.25, 0.3) is 15.9 Å². The molecule has 3 rings (SSSR count). The molecule has 26 heavy (non-hydrogen) atoms. The van der Waals surface area contributed by atoms with Crippen LogP contribution in [-0.2, 0) is 10.0 Å². The molecule has 0 saturated carbocycles. The van der Waals surface area contributed by atoms with Crippen LogP contribution in [0.2, 0.25) is 0 Å². The quantitative estimate of drug-likeness (QED) is 0.884. The highest BCUT2D eigenvalue weighted by Gasteiger charge is 2.21. The zero-order chi connectivity index (χ0) is 18.7. The number of rotatable bonds is 4. The number of nitrogens with one attached hydrogen (secondary N) is 1. The van der Waals surface area contributed by atoms with Gasteiger partial charge < -0.3 is 4.90 Å². The van der Waals surface area contributed by atoms with E-state index in [4.69, 9.17) is 0 Å². The number of nitrogens with zero attached hydrogens (tertiary/aromatic N) is 1. The van der Waals surface area contributed by atoms with E-state index < -0.39 is 27.3 Å². The second kappa shape index (κ2) is 7.41. The first-order chi connectivity index (χ1) is 12.4. The SMILES string of the molecule is O=C(c1ccc(S(=O)(=O)Nc2c(F)cccc2F)cc1)N1CCCCC1. The lowest BCUT2D eigenvalue weighted by Crippen LogP contribution is -2.35. The van der Waals surface area contributed by atoms with Crippen molar-refractivity contribution in [3.63, 3.8) is 0 Å². The summed E-state index contributed by atoms with van der Waals surface area (Å²) in [7, 11) is -4.18. The van der Waals surface area contributed by atoms with E-state index in [9.17, 15) is 22.0 Å². The summed E-state index contributed by atoms with van der Waals surface area (Å²) in [4.78, 5) is 14.0. The van der Waals surface area contributed by atoms with Crippen molar-refractivity contribution in [1.29, 1.82) is 0 Å². The Balaban J connectivity index is 1.80. The lowest BCUT2D eigenvalue weighted by Gasteiger charge is -2.26. The van der Waals surface area contributed by atoms with Gasteiger partial charge in [0.2, 0.25) is 0 Å². The first kappa shape index (κ1) is 18.3. The van der Waals surface area contributed by atoms with Crippen molar-refractivity contribution in [3.8, 4) is 0 Å². The molecule has 0 bridgehead atoms. The van der Waals surface area contributed by atoms with Crippen molar-refractivity contribution in [2.45, 2.75) is 24.2 Å². The predicted molar refractivity (Wildman–Crippen MR) is 93.4 cm³/mol. The minimum Gasteiger partial charge on any atom is -0.339 e. The Kier molecular flexibility index (Phi) is 5.22. The van der Waals surface area contributed by atoms with Gasteiger partial charge in [0, 0.05) is 18.7 Å². The summed E-state index contributed by atoms with van der Waals surface area (Å²) in [5.41, 5.74) is -0.358. The van der Waals surface area contributed by atoms with Crippen molar-refractivity contribution in [1.82, 2.24) is 4.90 Å². The molecule has 1 aliphatic rings. The molecule has 0 aliphatic carbocycles. The highest BCUT2D eigenvalue weighted by Crippen LogP contribution is 2.23. The van der Waals surface area contributed by atoms with Gasteiger partial charge in [-0.05, 0) is 55.7 Å². The molecule has 8 heteroatoms. The molecule has 1 fully saturated rings. The summed E-state index contributed by atoms with van der Waals surface area (Å²) in [5, 5.41) is 0. The smallest absolute Gasteiger partial charge is 0.262 e. The number of benzene rings is 2. The third-order valence-corrected chi connectivity index (χ3v) is 5.62. The Labute approximate surface area is 150 Å². The van der Waals surface area contributed by atoms with E-state index in [1.807, 2.05) is 4.72 Å². The number of halogens is 2. The van der Waals surface area contributed by atoms with Gasteiger partial charge in [0.05, 0.1) is 4.90 Å². The first-order valence-electron chi connectivity index (χ1n) is 8.25. The standard InChI is InChI=1S/C18H18F2N2O3S/c19-15-5-4-6-16(20)17(15)21-26(24,25)14-9-7-13(8-10-14)18(23)22-11-2-1-3-12-22/h4-10,21H,1-3,11-12H2. The molecular formula is C18H18F2N2O3S. The Hall–Kier alpha value is -2.48. The second-order valence-corrected chi connectivity index (χ2v) is 7.76. The largest absolute Gasteiger partial charge is 0.339 e. The van der Waals surface area contributed by atoms with E-state index in [2.05, 4.69) is 0 Å². The highest BCUT2D eigenvalue weighted by atomic mass is 32.2. The summed E-state index contributed by atoms with van der Waals surface area (Å²) < 4.78 is 53.9. The van der Waals surface area contributed by atoms with Gasteiger partial charge in [0.1, 0.15) is 17.3 Å². The van der Waals surface area contributed by atoms with Gasteiger partial charge in [-0.15, -0.1) is 0 Å². The van der Waals surface area contributed by atoms with Crippen molar-refractivity contribution in [2.24, 2.45) is 0 Å².